The number of carbonyl (C=O) groups is 1. The van der Waals surface area contributed by atoms with E-state index in [4.69, 9.17) is 16.3 Å². The number of rotatable bonds is 3. The molecule has 29 heavy (non-hydrogen) atoms. The standard InChI is InChI=1S/C25H32ClNO2/c1-15-8-10-21-20(7-6-12-24(21,3)23(28)29-5)25(15,4)14-19-16(2)27-22-11-9-17(26)13-18(19)22/h7,9,11,13,15,21,27H,6,8,10,12,14H2,1-5H3/t15-,21+,24+,25+/m1/s1. The van der Waals surface area contributed by atoms with Gasteiger partial charge in [-0.1, -0.05) is 37.1 Å². The average Bonchev–Trinajstić information content (AvgIpc) is 2.99. The van der Waals surface area contributed by atoms with E-state index in [1.54, 1.807) is 0 Å². The van der Waals surface area contributed by atoms with Gasteiger partial charge >= 0.3 is 5.97 Å². The molecule has 1 aromatic heterocycles. The van der Waals surface area contributed by atoms with Crippen molar-refractivity contribution in [1.29, 1.82) is 0 Å². The predicted octanol–water partition coefficient (Wildman–Crippen LogP) is 6.62. The topological polar surface area (TPSA) is 42.1 Å². The van der Waals surface area contributed by atoms with E-state index in [9.17, 15) is 4.79 Å². The highest BCUT2D eigenvalue weighted by Crippen LogP contribution is 2.58. The Morgan fingerprint density at radius 3 is 2.79 bits per heavy atom. The molecule has 2 aliphatic rings. The molecule has 0 spiro atoms. The number of hydrogen-bond acceptors (Lipinski definition) is 2. The molecule has 0 amide bonds. The molecule has 0 unspecified atom stereocenters. The summed E-state index contributed by atoms with van der Waals surface area (Å²) in [5.74, 6) is 0.757. The number of aryl methyl sites for hydroxylation is 1. The lowest BCUT2D eigenvalue weighted by atomic mass is 9.51. The fraction of sp³-hybridized carbons (Fsp3) is 0.560. The van der Waals surface area contributed by atoms with Crippen LogP contribution in [-0.4, -0.2) is 18.1 Å². The maximum atomic E-state index is 12.8. The fourth-order valence-electron chi connectivity index (χ4n) is 6.02. The number of hydrogen-bond donors (Lipinski definition) is 1. The summed E-state index contributed by atoms with van der Waals surface area (Å²) < 4.78 is 5.25. The molecule has 0 radical (unpaired) electrons. The minimum atomic E-state index is -0.418. The number of H-pyrrole nitrogens is 1. The first-order chi connectivity index (χ1) is 13.7. The highest BCUT2D eigenvalue weighted by atomic mass is 35.5. The van der Waals surface area contributed by atoms with Crippen LogP contribution in [0.1, 0.15) is 57.7 Å². The monoisotopic (exact) mass is 413 g/mol. The van der Waals surface area contributed by atoms with E-state index < -0.39 is 5.41 Å². The molecule has 4 heteroatoms. The molecule has 1 N–H and O–H groups in total. The van der Waals surface area contributed by atoms with Crippen LogP contribution in [0.25, 0.3) is 10.9 Å². The van der Waals surface area contributed by atoms with Gasteiger partial charge in [0.2, 0.25) is 0 Å². The number of carbonyl (C=O) groups excluding carboxylic acids is 1. The molecule has 156 valence electrons. The SMILES string of the molecule is COC(=O)[C@@]1(C)CCC=C2[C@@H]1CC[C@@H](C)[C@]2(C)Cc1c(C)[nH]c2ccc(Cl)cc12. The summed E-state index contributed by atoms with van der Waals surface area (Å²) in [4.78, 5) is 16.3. The first-order valence-corrected chi connectivity index (χ1v) is 11.1. The molecule has 2 aromatic rings. The van der Waals surface area contributed by atoms with Crippen LogP contribution in [0.2, 0.25) is 5.02 Å². The Hall–Kier alpha value is -1.74. The molecular formula is C25H32ClNO2. The Kier molecular flexibility index (Phi) is 5.09. The van der Waals surface area contributed by atoms with Gasteiger partial charge in [-0.3, -0.25) is 4.79 Å². The second-order valence-corrected chi connectivity index (χ2v) is 10.1. The molecule has 3 nitrogen and oxygen atoms in total. The summed E-state index contributed by atoms with van der Waals surface area (Å²) in [6, 6.07) is 6.09. The Morgan fingerprint density at radius 1 is 1.31 bits per heavy atom. The van der Waals surface area contributed by atoms with Crippen molar-refractivity contribution in [1.82, 2.24) is 4.98 Å². The smallest absolute Gasteiger partial charge is 0.312 e. The number of halogens is 1. The number of allylic oxidation sites excluding steroid dienone is 2. The van der Waals surface area contributed by atoms with Crippen LogP contribution in [-0.2, 0) is 16.0 Å². The highest BCUT2D eigenvalue weighted by Gasteiger charge is 2.53. The molecule has 1 aromatic carbocycles. The molecule has 1 saturated carbocycles. The molecular weight excluding hydrogens is 382 g/mol. The van der Waals surface area contributed by atoms with Gasteiger partial charge in [-0.25, -0.2) is 0 Å². The first kappa shape index (κ1) is 20.5. The van der Waals surface area contributed by atoms with E-state index in [-0.39, 0.29) is 17.3 Å². The van der Waals surface area contributed by atoms with Gasteiger partial charge < -0.3 is 9.72 Å². The zero-order valence-corrected chi connectivity index (χ0v) is 19.0. The fourth-order valence-corrected chi connectivity index (χ4v) is 6.19. The summed E-state index contributed by atoms with van der Waals surface area (Å²) >= 11 is 6.33. The van der Waals surface area contributed by atoms with Crippen LogP contribution in [0.3, 0.4) is 0 Å². The van der Waals surface area contributed by atoms with E-state index in [0.29, 0.717) is 5.92 Å². The first-order valence-electron chi connectivity index (χ1n) is 10.8. The molecule has 0 saturated heterocycles. The predicted molar refractivity (Wildman–Crippen MR) is 119 cm³/mol. The zero-order chi connectivity index (χ0) is 21.0. The number of ether oxygens (including phenoxy) is 1. The summed E-state index contributed by atoms with van der Waals surface area (Å²) in [6.45, 7) is 9.05. The lowest BCUT2D eigenvalue weighted by Gasteiger charge is -2.53. The van der Waals surface area contributed by atoms with Gasteiger partial charge in [0, 0.05) is 21.6 Å². The third kappa shape index (κ3) is 3.13. The van der Waals surface area contributed by atoms with Crippen LogP contribution < -0.4 is 0 Å². The number of methoxy groups -OCH3 is 1. The number of benzene rings is 1. The van der Waals surface area contributed by atoms with E-state index in [2.05, 4.69) is 50.9 Å². The van der Waals surface area contributed by atoms with Crippen LogP contribution >= 0.6 is 11.6 Å². The van der Waals surface area contributed by atoms with Crippen molar-refractivity contribution in [2.75, 3.05) is 7.11 Å². The van der Waals surface area contributed by atoms with Crippen molar-refractivity contribution < 1.29 is 9.53 Å². The van der Waals surface area contributed by atoms with E-state index >= 15 is 0 Å². The summed E-state index contributed by atoms with van der Waals surface area (Å²) in [5, 5.41) is 1.99. The largest absolute Gasteiger partial charge is 0.469 e. The normalized spacial score (nSPS) is 32.0. The van der Waals surface area contributed by atoms with Gasteiger partial charge in [-0.05, 0) is 87.0 Å². The van der Waals surface area contributed by atoms with Crippen molar-refractivity contribution in [2.24, 2.45) is 22.7 Å². The van der Waals surface area contributed by atoms with Crippen LogP contribution in [0.5, 0.6) is 0 Å². The number of esters is 1. The van der Waals surface area contributed by atoms with Gasteiger partial charge in [0.1, 0.15) is 0 Å². The lowest BCUT2D eigenvalue weighted by Crippen LogP contribution is -2.48. The van der Waals surface area contributed by atoms with Crippen LogP contribution in [0, 0.1) is 29.6 Å². The van der Waals surface area contributed by atoms with Crippen LogP contribution in [0.15, 0.2) is 29.8 Å². The second kappa shape index (κ2) is 7.19. The quantitative estimate of drug-likeness (QED) is 0.453. The highest BCUT2D eigenvalue weighted by molar-refractivity contribution is 6.31. The zero-order valence-electron chi connectivity index (χ0n) is 18.2. The molecule has 4 atom stereocenters. The third-order valence-electron chi connectivity index (χ3n) is 8.09. The number of fused-ring (bicyclic) bond motifs is 2. The van der Waals surface area contributed by atoms with Gasteiger partial charge in [0.05, 0.1) is 12.5 Å². The number of nitrogens with one attached hydrogen (secondary N) is 1. The maximum Gasteiger partial charge on any atom is 0.312 e. The maximum absolute atomic E-state index is 12.8. The van der Waals surface area contributed by atoms with Crippen molar-refractivity contribution in [3.63, 3.8) is 0 Å². The number of aromatic nitrogens is 1. The Labute approximate surface area is 178 Å². The van der Waals surface area contributed by atoms with Crippen molar-refractivity contribution in [3.05, 3.63) is 46.1 Å². The molecule has 4 rings (SSSR count). The Bertz CT molecular complexity index is 990. The van der Waals surface area contributed by atoms with Crippen molar-refractivity contribution in [3.8, 4) is 0 Å². The molecule has 0 bridgehead atoms. The summed E-state index contributed by atoms with van der Waals surface area (Å²) in [5.41, 5.74) is 4.77. The third-order valence-corrected chi connectivity index (χ3v) is 8.32. The van der Waals surface area contributed by atoms with E-state index in [0.717, 1.165) is 42.6 Å². The second-order valence-electron chi connectivity index (χ2n) is 9.65. The van der Waals surface area contributed by atoms with Gasteiger partial charge in [0.25, 0.3) is 0 Å². The van der Waals surface area contributed by atoms with Gasteiger partial charge in [-0.2, -0.15) is 0 Å². The molecule has 2 aliphatic carbocycles. The Morgan fingerprint density at radius 2 is 2.07 bits per heavy atom. The molecule has 1 fully saturated rings. The Balaban J connectivity index is 1.78. The van der Waals surface area contributed by atoms with Gasteiger partial charge in [0.15, 0.2) is 0 Å². The summed E-state index contributed by atoms with van der Waals surface area (Å²) in [7, 11) is 1.52. The molecule has 0 aliphatic heterocycles. The minimum absolute atomic E-state index is 0.0147. The van der Waals surface area contributed by atoms with Crippen LogP contribution in [0.4, 0.5) is 0 Å². The van der Waals surface area contributed by atoms with Crippen molar-refractivity contribution in [2.45, 2.75) is 59.8 Å². The molecule has 1 heterocycles. The average molecular weight is 414 g/mol. The number of aromatic amines is 1. The van der Waals surface area contributed by atoms with E-state index in [1.807, 2.05) is 6.07 Å². The van der Waals surface area contributed by atoms with Crippen molar-refractivity contribution >= 4 is 28.5 Å². The summed E-state index contributed by atoms with van der Waals surface area (Å²) in [6.07, 6.45) is 7.40. The van der Waals surface area contributed by atoms with Gasteiger partial charge in [-0.15, -0.1) is 0 Å². The van der Waals surface area contributed by atoms with E-state index in [1.165, 1.54) is 29.3 Å². The lowest BCUT2D eigenvalue weighted by molar-refractivity contribution is -0.156. The minimum Gasteiger partial charge on any atom is -0.469 e.